The molecule has 0 fully saturated rings. The third-order valence-electron chi connectivity index (χ3n) is 2.38. The van der Waals surface area contributed by atoms with Crippen LogP contribution in [0.3, 0.4) is 0 Å². The first-order valence-corrected chi connectivity index (χ1v) is 5.43. The Labute approximate surface area is 94.7 Å². The average Bonchev–Trinajstić information content (AvgIpc) is 2.85. The van der Waals surface area contributed by atoms with Gasteiger partial charge in [0, 0.05) is 11.8 Å². The van der Waals surface area contributed by atoms with E-state index in [0.717, 1.165) is 24.2 Å². The molecule has 0 bridgehead atoms. The second-order valence-corrected chi connectivity index (χ2v) is 3.58. The molecular weight excluding hydrogens is 202 g/mol. The number of nitrogens with zero attached hydrogens (tertiary/aromatic N) is 2. The molecule has 1 N–H and O–H groups in total. The number of hydrogen-bond acceptors (Lipinski definition) is 4. The Morgan fingerprint density at radius 1 is 1.44 bits per heavy atom. The number of nitrogens with one attached hydrogen (secondary N) is 1. The molecule has 0 aliphatic carbocycles. The van der Waals surface area contributed by atoms with Crippen molar-refractivity contribution in [3.8, 4) is 0 Å². The average molecular weight is 217 g/mol. The van der Waals surface area contributed by atoms with E-state index >= 15 is 0 Å². The van der Waals surface area contributed by atoms with Gasteiger partial charge in [0.25, 0.3) is 0 Å². The molecule has 1 unspecified atom stereocenters. The van der Waals surface area contributed by atoms with Gasteiger partial charge in [-0.1, -0.05) is 6.92 Å². The normalized spacial score (nSPS) is 12.6. The van der Waals surface area contributed by atoms with Crippen molar-refractivity contribution < 1.29 is 4.42 Å². The molecule has 0 aromatic carbocycles. The van der Waals surface area contributed by atoms with E-state index in [9.17, 15) is 0 Å². The summed E-state index contributed by atoms with van der Waals surface area (Å²) in [6, 6.07) is 3.96. The van der Waals surface area contributed by atoms with Crippen LogP contribution in [-0.2, 0) is 0 Å². The summed E-state index contributed by atoms with van der Waals surface area (Å²) in [7, 11) is 0. The number of hydrogen-bond donors (Lipinski definition) is 1. The molecule has 0 amide bonds. The fourth-order valence-corrected chi connectivity index (χ4v) is 1.59. The minimum atomic E-state index is 0.0849. The van der Waals surface area contributed by atoms with E-state index in [2.05, 4.69) is 22.2 Å². The second kappa shape index (κ2) is 5.42. The van der Waals surface area contributed by atoms with Gasteiger partial charge in [-0.2, -0.15) is 0 Å². The van der Waals surface area contributed by atoms with Gasteiger partial charge < -0.3 is 9.73 Å². The molecule has 2 aromatic heterocycles. The van der Waals surface area contributed by atoms with E-state index in [1.807, 2.05) is 12.1 Å². The highest BCUT2D eigenvalue weighted by Gasteiger charge is 2.15. The lowest BCUT2D eigenvalue weighted by molar-refractivity contribution is 0.544. The number of aromatic nitrogens is 2. The lowest BCUT2D eigenvalue weighted by Gasteiger charge is -2.15. The Morgan fingerprint density at radius 2 is 2.38 bits per heavy atom. The minimum Gasteiger partial charge on any atom is -0.472 e. The minimum absolute atomic E-state index is 0.0849. The predicted molar refractivity (Wildman–Crippen MR) is 60.9 cm³/mol. The van der Waals surface area contributed by atoms with Crippen LogP contribution in [0, 0.1) is 0 Å². The lowest BCUT2D eigenvalue weighted by Crippen LogP contribution is -2.23. The van der Waals surface area contributed by atoms with Crippen LogP contribution < -0.4 is 5.32 Å². The van der Waals surface area contributed by atoms with E-state index < -0.39 is 0 Å². The smallest absolute Gasteiger partial charge is 0.115 e. The van der Waals surface area contributed by atoms with E-state index in [1.54, 1.807) is 25.1 Å². The Bertz CT molecular complexity index is 399. The topological polar surface area (TPSA) is 51.0 Å². The van der Waals surface area contributed by atoms with Gasteiger partial charge in [0.2, 0.25) is 0 Å². The summed E-state index contributed by atoms with van der Waals surface area (Å²) in [5.74, 6) is 0. The fourth-order valence-electron chi connectivity index (χ4n) is 1.59. The molecular formula is C12H15N3O. The first-order valence-electron chi connectivity index (χ1n) is 5.43. The zero-order chi connectivity index (χ0) is 11.2. The van der Waals surface area contributed by atoms with E-state index in [0.29, 0.717) is 0 Å². The van der Waals surface area contributed by atoms with Crippen molar-refractivity contribution in [1.82, 2.24) is 15.3 Å². The monoisotopic (exact) mass is 217 g/mol. The van der Waals surface area contributed by atoms with Gasteiger partial charge in [0.1, 0.15) is 6.33 Å². The summed E-state index contributed by atoms with van der Waals surface area (Å²) in [5.41, 5.74) is 2.05. The molecule has 0 spiro atoms. The van der Waals surface area contributed by atoms with Crippen molar-refractivity contribution in [2.75, 3.05) is 6.54 Å². The van der Waals surface area contributed by atoms with Gasteiger partial charge in [0.15, 0.2) is 0 Å². The zero-order valence-electron chi connectivity index (χ0n) is 9.26. The van der Waals surface area contributed by atoms with Crippen LogP contribution in [0.5, 0.6) is 0 Å². The molecule has 0 aliphatic heterocycles. The van der Waals surface area contributed by atoms with Crippen molar-refractivity contribution >= 4 is 0 Å². The van der Waals surface area contributed by atoms with Gasteiger partial charge in [-0.3, -0.25) is 0 Å². The van der Waals surface area contributed by atoms with Crippen LogP contribution in [0.4, 0.5) is 0 Å². The maximum Gasteiger partial charge on any atom is 0.115 e. The third kappa shape index (κ3) is 2.46. The highest BCUT2D eigenvalue weighted by Crippen LogP contribution is 2.19. The van der Waals surface area contributed by atoms with Crippen LogP contribution in [0.15, 0.2) is 41.6 Å². The molecule has 2 heterocycles. The van der Waals surface area contributed by atoms with Gasteiger partial charge >= 0.3 is 0 Å². The third-order valence-corrected chi connectivity index (χ3v) is 2.38. The molecule has 16 heavy (non-hydrogen) atoms. The largest absolute Gasteiger partial charge is 0.472 e. The molecule has 0 saturated carbocycles. The lowest BCUT2D eigenvalue weighted by atomic mass is 10.1. The van der Waals surface area contributed by atoms with Gasteiger partial charge in [-0.05, 0) is 25.1 Å². The molecule has 4 nitrogen and oxygen atoms in total. The Balaban J connectivity index is 2.21. The molecule has 0 saturated heterocycles. The summed E-state index contributed by atoms with van der Waals surface area (Å²) in [6.45, 7) is 3.08. The second-order valence-electron chi connectivity index (χ2n) is 3.58. The summed E-state index contributed by atoms with van der Waals surface area (Å²) < 4.78 is 5.11. The highest BCUT2D eigenvalue weighted by molar-refractivity contribution is 5.23. The molecule has 2 aromatic rings. The molecule has 84 valence electrons. The van der Waals surface area contributed by atoms with Crippen LogP contribution in [0.25, 0.3) is 0 Å². The molecule has 0 aliphatic rings. The molecule has 0 radical (unpaired) electrons. The first-order chi connectivity index (χ1) is 7.92. The number of rotatable bonds is 5. The maximum absolute atomic E-state index is 5.11. The maximum atomic E-state index is 5.11. The predicted octanol–water partition coefficient (Wildman–Crippen LogP) is 2.16. The van der Waals surface area contributed by atoms with E-state index in [4.69, 9.17) is 4.42 Å². The number of furan rings is 1. The molecule has 1 atom stereocenters. The first kappa shape index (κ1) is 10.8. The van der Waals surface area contributed by atoms with Crippen LogP contribution in [0.1, 0.15) is 30.6 Å². The SMILES string of the molecule is CCCNC(c1ccoc1)c1ccncn1. The van der Waals surface area contributed by atoms with Gasteiger partial charge in [-0.25, -0.2) is 9.97 Å². The Kier molecular flexibility index (Phi) is 3.66. The fraction of sp³-hybridized carbons (Fsp3) is 0.333. The van der Waals surface area contributed by atoms with Gasteiger partial charge in [0.05, 0.1) is 24.3 Å². The van der Waals surface area contributed by atoms with Crippen molar-refractivity contribution in [1.29, 1.82) is 0 Å². The highest BCUT2D eigenvalue weighted by atomic mass is 16.3. The van der Waals surface area contributed by atoms with E-state index in [-0.39, 0.29) is 6.04 Å². The summed E-state index contributed by atoms with van der Waals surface area (Å²) in [6.07, 6.45) is 7.82. The Hall–Kier alpha value is -1.68. The quantitative estimate of drug-likeness (QED) is 0.833. The summed E-state index contributed by atoms with van der Waals surface area (Å²) >= 11 is 0. The van der Waals surface area contributed by atoms with Crippen LogP contribution in [0.2, 0.25) is 0 Å². The van der Waals surface area contributed by atoms with Crippen LogP contribution in [-0.4, -0.2) is 16.5 Å². The van der Waals surface area contributed by atoms with Crippen molar-refractivity contribution in [2.24, 2.45) is 0 Å². The van der Waals surface area contributed by atoms with Crippen LogP contribution >= 0.6 is 0 Å². The summed E-state index contributed by atoms with van der Waals surface area (Å²) in [4.78, 5) is 8.20. The molecule has 2 rings (SSSR count). The van der Waals surface area contributed by atoms with Crippen molar-refractivity contribution in [3.05, 3.63) is 48.4 Å². The standard InChI is InChI=1S/C12H15N3O/c1-2-5-14-12(10-4-7-16-8-10)11-3-6-13-9-15-11/h3-4,6-9,12,14H,2,5H2,1H3. The Morgan fingerprint density at radius 3 is 3.00 bits per heavy atom. The summed E-state index contributed by atoms with van der Waals surface area (Å²) in [5, 5.41) is 3.44. The van der Waals surface area contributed by atoms with E-state index in [1.165, 1.54) is 0 Å². The van der Waals surface area contributed by atoms with Crippen molar-refractivity contribution in [3.63, 3.8) is 0 Å². The zero-order valence-corrected chi connectivity index (χ0v) is 9.26. The molecule has 4 heteroatoms. The van der Waals surface area contributed by atoms with Gasteiger partial charge in [-0.15, -0.1) is 0 Å². The van der Waals surface area contributed by atoms with Crippen molar-refractivity contribution in [2.45, 2.75) is 19.4 Å².